The Bertz CT molecular complexity index is 848. The monoisotopic (exact) mass is 445 g/mol. The van der Waals surface area contributed by atoms with Crippen LogP contribution >= 0.6 is 11.6 Å². The minimum absolute atomic E-state index is 0.284. The number of pyridine rings is 1. The van der Waals surface area contributed by atoms with Crippen LogP contribution in [0.25, 0.3) is 0 Å². The maximum Gasteiger partial charge on any atom is 0.191 e. The average molecular weight is 446 g/mol. The molecular weight excluding hydrogens is 414 g/mol. The van der Waals surface area contributed by atoms with E-state index in [4.69, 9.17) is 26.1 Å². The molecule has 1 saturated heterocycles. The van der Waals surface area contributed by atoms with Crippen molar-refractivity contribution in [2.75, 3.05) is 44.9 Å². The fraction of sp³-hybridized carbons (Fsp3) is 0.478. The van der Waals surface area contributed by atoms with Gasteiger partial charge in [-0.15, -0.1) is 0 Å². The van der Waals surface area contributed by atoms with Crippen molar-refractivity contribution in [2.45, 2.75) is 32.4 Å². The van der Waals surface area contributed by atoms with Gasteiger partial charge in [-0.1, -0.05) is 23.7 Å². The van der Waals surface area contributed by atoms with Crippen molar-refractivity contribution in [3.8, 4) is 5.75 Å². The maximum atomic E-state index is 6.31. The lowest BCUT2D eigenvalue weighted by Crippen LogP contribution is -2.44. The quantitative estimate of drug-likeness (QED) is 0.331. The van der Waals surface area contributed by atoms with Gasteiger partial charge < -0.3 is 25.0 Å². The van der Waals surface area contributed by atoms with Gasteiger partial charge in [0.2, 0.25) is 0 Å². The lowest BCUT2D eigenvalue weighted by molar-refractivity contribution is 0.172. The molecule has 2 N–H and O–H groups in total. The molecule has 31 heavy (non-hydrogen) atoms. The number of nitrogens with zero attached hydrogens (tertiary/aromatic N) is 3. The summed E-state index contributed by atoms with van der Waals surface area (Å²) in [6.07, 6.45) is 3.65. The molecule has 1 aliphatic rings. The minimum atomic E-state index is 0.284. The second-order valence-corrected chi connectivity index (χ2v) is 7.83. The summed E-state index contributed by atoms with van der Waals surface area (Å²) < 4.78 is 10.9. The maximum absolute atomic E-state index is 6.31. The predicted molar refractivity (Wildman–Crippen MR) is 126 cm³/mol. The highest BCUT2D eigenvalue weighted by molar-refractivity contribution is 6.32. The molecule has 0 bridgehead atoms. The summed E-state index contributed by atoms with van der Waals surface area (Å²) in [6, 6.07) is 12.1. The van der Waals surface area contributed by atoms with Crippen molar-refractivity contribution in [3.63, 3.8) is 0 Å². The highest BCUT2D eigenvalue weighted by Crippen LogP contribution is 2.25. The molecule has 2 heterocycles. The molecule has 0 radical (unpaired) electrons. The first-order valence-corrected chi connectivity index (χ1v) is 11.2. The molecular formula is C23H32ClN5O2. The molecule has 7 nitrogen and oxygen atoms in total. The Morgan fingerprint density at radius 2 is 2.19 bits per heavy atom. The third-order valence-electron chi connectivity index (χ3n) is 4.99. The molecule has 1 aromatic heterocycles. The van der Waals surface area contributed by atoms with Crippen molar-refractivity contribution in [1.82, 2.24) is 15.6 Å². The number of hydrogen-bond donors (Lipinski definition) is 2. The number of methoxy groups -OCH3 is 1. The number of hydrogen-bond acceptors (Lipinski definition) is 5. The molecule has 0 saturated carbocycles. The van der Waals surface area contributed by atoms with E-state index in [1.165, 1.54) is 0 Å². The normalized spacial score (nSPS) is 16.4. The molecule has 168 valence electrons. The number of guanidine groups is 1. The number of nitrogens with one attached hydrogen (secondary N) is 2. The SMILES string of the molecule is CCNC(=NCc1cccc(OCCCOC)c1)NC1CCN(c2ncccc2Cl)C1. The number of ether oxygens (including phenoxy) is 2. The van der Waals surface area contributed by atoms with Gasteiger partial charge in [0, 0.05) is 52.0 Å². The fourth-order valence-electron chi connectivity index (χ4n) is 3.49. The summed E-state index contributed by atoms with van der Waals surface area (Å²) >= 11 is 6.31. The van der Waals surface area contributed by atoms with Gasteiger partial charge in [0.15, 0.2) is 5.96 Å². The molecule has 8 heteroatoms. The third kappa shape index (κ3) is 7.29. The van der Waals surface area contributed by atoms with Crippen LogP contribution in [0, 0.1) is 0 Å². The van der Waals surface area contributed by atoms with E-state index in [9.17, 15) is 0 Å². The Morgan fingerprint density at radius 3 is 3.00 bits per heavy atom. The number of aromatic nitrogens is 1. The van der Waals surface area contributed by atoms with Crippen LogP contribution in [-0.4, -0.2) is 56.9 Å². The number of aliphatic imine (C=N–C) groups is 1. The van der Waals surface area contributed by atoms with Crippen LogP contribution in [0.2, 0.25) is 5.02 Å². The fourth-order valence-corrected chi connectivity index (χ4v) is 3.73. The second-order valence-electron chi connectivity index (χ2n) is 7.42. The van der Waals surface area contributed by atoms with Gasteiger partial charge in [0.05, 0.1) is 18.2 Å². The average Bonchev–Trinajstić information content (AvgIpc) is 3.24. The Hall–Kier alpha value is -2.51. The van der Waals surface area contributed by atoms with Crippen LogP contribution < -0.4 is 20.3 Å². The molecule has 0 spiro atoms. The smallest absolute Gasteiger partial charge is 0.191 e. The van der Waals surface area contributed by atoms with E-state index in [0.717, 1.165) is 55.6 Å². The van der Waals surface area contributed by atoms with Crippen molar-refractivity contribution in [3.05, 3.63) is 53.2 Å². The van der Waals surface area contributed by atoms with Gasteiger partial charge in [0.1, 0.15) is 11.6 Å². The summed E-state index contributed by atoms with van der Waals surface area (Å²) in [6.45, 7) is 6.54. The summed E-state index contributed by atoms with van der Waals surface area (Å²) in [5.41, 5.74) is 1.11. The van der Waals surface area contributed by atoms with Crippen molar-refractivity contribution in [1.29, 1.82) is 0 Å². The van der Waals surface area contributed by atoms with Crippen molar-refractivity contribution >= 4 is 23.4 Å². The van der Waals surface area contributed by atoms with Gasteiger partial charge in [-0.25, -0.2) is 9.98 Å². The molecule has 1 unspecified atom stereocenters. The van der Waals surface area contributed by atoms with E-state index < -0.39 is 0 Å². The van der Waals surface area contributed by atoms with Crippen LogP contribution in [0.4, 0.5) is 5.82 Å². The lowest BCUT2D eigenvalue weighted by Gasteiger charge is -2.20. The third-order valence-corrected chi connectivity index (χ3v) is 5.29. The standard InChI is InChI=1S/C23H32ClN5O2/c1-3-25-23(27-16-18-7-4-8-20(15-18)31-14-6-13-30-2)28-19-10-12-29(17-19)22-21(24)9-5-11-26-22/h4-5,7-9,11,15,19H,3,6,10,12-14,16-17H2,1-2H3,(H2,25,27,28). The van der Waals surface area contributed by atoms with Crippen molar-refractivity contribution < 1.29 is 9.47 Å². The molecule has 2 aromatic rings. The van der Waals surface area contributed by atoms with Gasteiger partial charge in [-0.2, -0.15) is 0 Å². The number of rotatable bonds is 10. The topological polar surface area (TPSA) is 71.0 Å². The Morgan fingerprint density at radius 1 is 1.29 bits per heavy atom. The first kappa shape index (κ1) is 23.2. The molecule has 0 amide bonds. The van der Waals surface area contributed by atoms with Crippen molar-refractivity contribution in [2.24, 2.45) is 4.99 Å². The van der Waals surface area contributed by atoms with Crippen LogP contribution in [-0.2, 0) is 11.3 Å². The Kier molecular flexibility index (Phi) is 9.24. The highest BCUT2D eigenvalue weighted by atomic mass is 35.5. The van der Waals surface area contributed by atoms with Crippen LogP contribution in [0.3, 0.4) is 0 Å². The Balaban J connectivity index is 1.55. The van der Waals surface area contributed by atoms with E-state index in [1.807, 2.05) is 30.3 Å². The van der Waals surface area contributed by atoms with Gasteiger partial charge in [0.25, 0.3) is 0 Å². The molecule has 1 aromatic carbocycles. The van der Waals surface area contributed by atoms with Gasteiger partial charge >= 0.3 is 0 Å². The molecule has 0 aliphatic carbocycles. The summed E-state index contributed by atoms with van der Waals surface area (Å²) in [4.78, 5) is 11.4. The molecule has 1 atom stereocenters. The zero-order valence-corrected chi connectivity index (χ0v) is 19.1. The number of halogens is 1. The van der Waals surface area contributed by atoms with E-state index in [0.29, 0.717) is 24.8 Å². The van der Waals surface area contributed by atoms with Crippen LogP contribution in [0.1, 0.15) is 25.3 Å². The molecule has 3 rings (SSSR count). The number of benzene rings is 1. The minimum Gasteiger partial charge on any atom is -0.493 e. The zero-order chi connectivity index (χ0) is 21.9. The van der Waals surface area contributed by atoms with Crippen LogP contribution in [0.5, 0.6) is 5.75 Å². The number of anilines is 1. The largest absolute Gasteiger partial charge is 0.493 e. The van der Waals surface area contributed by atoms with E-state index >= 15 is 0 Å². The lowest BCUT2D eigenvalue weighted by atomic mass is 10.2. The van der Waals surface area contributed by atoms with Gasteiger partial charge in [-0.05, 0) is 43.2 Å². The van der Waals surface area contributed by atoms with E-state index in [-0.39, 0.29) is 6.04 Å². The molecule has 1 fully saturated rings. The Labute approximate surface area is 189 Å². The van der Waals surface area contributed by atoms with E-state index in [2.05, 4.69) is 33.5 Å². The summed E-state index contributed by atoms with van der Waals surface area (Å²) in [7, 11) is 1.70. The predicted octanol–water partition coefficient (Wildman–Crippen LogP) is 3.48. The first-order chi connectivity index (χ1) is 15.2. The molecule has 1 aliphatic heterocycles. The van der Waals surface area contributed by atoms with Gasteiger partial charge in [-0.3, -0.25) is 0 Å². The highest BCUT2D eigenvalue weighted by Gasteiger charge is 2.25. The summed E-state index contributed by atoms with van der Waals surface area (Å²) in [5, 5.41) is 7.58. The zero-order valence-electron chi connectivity index (χ0n) is 18.3. The summed E-state index contributed by atoms with van der Waals surface area (Å²) in [5.74, 6) is 2.52. The van der Waals surface area contributed by atoms with E-state index in [1.54, 1.807) is 13.3 Å². The van der Waals surface area contributed by atoms with Crippen LogP contribution in [0.15, 0.2) is 47.6 Å². The second kappa shape index (κ2) is 12.4. The first-order valence-electron chi connectivity index (χ1n) is 10.8.